The van der Waals surface area contributed by atoms with Gasteiger partial charge in [0.2, 0.25) is 5.91 Å². The number of rotatable bonds is 2. The molecule has 1 N–H and O–H groups in total. The van der Waals surface area contributed by atoms with E-state index in [4.69, 9.17) is 0 Å². The van der Waals surface area contributed by atoms with Crippen molar-refractivity contribution in [2.75, 3.05) is 5.32 Å². The standard InChI is InChI=1S/C13H18BrNO/c1-9-6-5-7-10(14)12(9)15-11(16)8-13(2,3)4/h5-7H,8H2,1-4H3,(H,15,16). The molecule has 1 aromatic rings. The van der Waals surface area contributed by atoms with E-state index in [1.54, 1.807) is 0 Å². The van der Waals surface area contributed by atoms with Crippen molar-refractivity contribution in [3.05, 3.63) is 28.2 Å². The number of hydrogen-bond acceptors (Lipinski definition) is 1. The number of carbonyl (C=O) groups is 1. The maximum atomic E-state index is 11.8. The molecule has 0 aliphatic carbocycles. The van der Waals surface area contributed by atoms with Crippen molar-refractivity contribution in [1.29, 1.82) is 0 Å². The van der Waals surface area contributed by atoms with Gasteiger partial charge in [0.05, 0.1) is 5.69 Å². The van der Waals surface area contributed by atoms with Gasteiger partial charge >= 0.3 is 0 Å². The highest BCUT2D eigenvalue weighted by atomic mass is 79.9. The fraction of sp³-hybridized carbons (Fsp3) is 0.462. The lowest BCUT2D eigenvalue weighted by molar-refractivity contribution is -0.117. The first-order chi connectivity index (χ1) is 7.29. The minimum absolute atomic E-state index is 0.0131. The van der Waals surface area contributed by atoms with Gasteiger partial charge in [-0.25, -0.2) is 0 Å². The van der Waals surface area contributed by atoms with Crippen LogP contribution in [0.25, 0.3) is 0 Å². The Labute approximate surface area is 106 Å². The highest BCUT2D eigenvalue weighted by Crippen LogP contribution is 2.27. The molecule has 0 unspecified atom stereocenters. The van der Waals surface area contributed by atoms with Crippen LogP contribution in [0.2, 0.25) is 0 Å². The molecule has 0 spiro atoms. The third kappa shape index (κ3) is 3.97. The molecule has 0 saturated heterocycles. The number of para-hydroxylation sites is 1. The van der Waals surface area contributed by atoms with E-state index in [1.807, 2.05) is 25.1 Å². The van der Waals surface area contributed by atoms with Crippen LogP contribution in [0.15, 0.2) is 22.7 Å². The van der Waals surface area contributed by atoms with Crippen LogP contribution in [0.4, 0.5) is 5.69 Å². The lowest BCUT2D eigenvalue weighted by atomic mass is 9.92. The summed E-state index contributed by atoms with van der Waals surface area (Å²) in [6.45, 7) is 8.15. The molecule has 1 amide bonds. The lowest BCUT2D eigenvalue weighted by Gasteiger charge is -2.18. The smallest absolute Gasteiger partial charge is 0.224 e. The quantitative estimate of drug-likeness (QED) is 0.869. The first-order valence-electron chi connectivity index (χ1n) is 5.34. The number of halogens is 1. The summed E-state index contributed by atoms with van der Waals surface area (Å²) < 4.78 is 0.926. The summed E-state index contributed by atoms with van der Waals surface area (Å²) in [7, 11) is 0. The Morgan fingerprint density at radius 2 is 2.00 bits per heavy atom. The minimum atomic E-state index is 0.0131. The molecular formula is C13H18BrNO. The van der Waals surface area contributed by atoms with Crippen molar-refractivity contribution in [1.82, 2.24) is 0 Å². The summed E-state index contributed by atoms with van der Waals surface area (Å²) >= 11 is 3.44. The Hall–Kier alpha value is -0.830. The summed E-state index contributed by atoms with van der Waals surface area (Å²) in [4.78, 5) is 11.8. The molecule has 0 atom stereocenters. The van der Waals surface area contributed by atoms with Crippen molar-refractivity contribution >= 4 is 27.5 Å². The van der Waals surface area contributed by atoms with E-state index < -0.39 is 0 Å². The normalized spacial score (nSPS) is 11.3. The predicted molar refractivity (Wildman–Crippen MR) is 71.6 cm³/mol. The van der Waals surface area contributed by atoms with E-state index in [9.17, 15) is 4.79 Å². The Kier molecular flexibility index (Phi) is 4.14. The van der Waals surface area contributed by atoms with Gasteiger partial charge in [0.15, 0.2) is 0 Å². The zero-order valence-electron chi connectivity index (χ0n) is 10.2. The minimum Gasteiger partial charge on any atom is -0.325 e. The predicted octanol–water partition coefficient (Wildman–Crippen LogP) is 4.13. The van der Waals surface area contributed by atoms with E-state index >= 15 is 0 Å². The van der Waals surface area contributed by atoms with Gasteiger partial charge in [-0.3, -0.25) is 4.79 Å². The number of benzene rings is 1. The first-order valence-corrected chi connectivity index (χ1v) is 6.14. The maximum Gasteiger partial charge on any atom is 0.224 e. The molecule has 0 radical (unpaired) electrons. The van der Waals surface area contributed by atoms with Crippen molar-refractivity contribution in [2.24, 2.45) is 5.41 Å². The van der Waals surface area contributed by atoms with Crippen molar-refractivity contribution in [2.45, 2.75) is 34.1 Å². The first kappa shape index (κ1) is 13.2. The number of nitrogens with one attached hydrogen (secondary N) is 1. The van der Waals surface area contributed by atoms with Crippen LogP contribution in [0.1, 0.15) is 32.8 Å². The molecule has 0 heterocycles. The fourth-order valence-corrected chi connectivity index (χ4v) is 2.02. The molecule has 1 rings (SSSR count). The average molecular weight is 284 g/mol. The molecule has 2 nitrogen and oxygen atoms in total. The van der Waals surface area contributed by atoms with Crippen LogP contribution in [0.3, 0.4) is 0 Å². The van der Waals surface area contributed by atoms with Gasteiger partial charge in [-0.15, -0.1) is 0 Å². The molecule has 0 aliphatic heterocycles. The fourth-order valence-electron chi connectivity index (χ4n) is 1.46. The van der Waals surface area contributed by atoms with Gasteiger partial charge in [0.1, 0.15) is 0 Å². The zero-order valence-corrected chi connectivity index (χ0v) is 11.8. The number of anilines is 1. The van der Waals surface area contributed by atoms with E-state index in [-0.39, 0.29) is 11.3 Å². The second-order valence-corrected chi connectivity index (χ2v) is 6.07. The number of amides is 1. The maximum absolute atomic E-state index is 11.8. The molecule has 3 heteroatoms. The second kappa shape index (κ2) is 5.00. The monoisotopic (exact) mass is 283 g/mol. The van der Waals surface area contributed by atoms with Gasteiger partial charge in [-0.05, 0) is 39.9 Å². The molecule has 16 heavy (non-hydrogen) atoms. The van der Waals surface area contributed by atoms with Crippen LogP contribution >= 0.6 is 15.9 Å². The van der Waals surface area contributed by atoms with Gasteiger partial charge in [0.25, 0.3) is 0 Å². The van der Waals surface area contributed by atoms with Crippen LogP contribution in [0, 0.1) is 12.3 Å². The number of aryl methyl sites for hydroxylation is 1. The van der Waals surface area contributed by atoms with Crippen molar-refractivity contribution in [3.63, 3.8) is 0 Å². The van der Waals surface area contributed by atoms with Crippen LogP contribution < -0.4 is 5.32 Å². The molecule has 0 fully saturated rings. The van der Waals surface area contributed by atoms with Crippen molar-refractivity contribution < 1.29 is 4.79 Å². The molecule has 88 valence electrons. The van der Waals surface area contributed by atoms with Crippen LogP contribution in [0.5, 0.6) is 0 Å². The Morgan fingerprint density at radius 3 is 2.50 bits per heavy atom. The summed E-state index contributed by atoms with van der Waals surface area (Å²) in [6.07, 6.45) is 0.522. The third-order valence-electron chi connectivity index (χ3n) is 2.18. The molecule has 0 bridgehead atoms. The molecule has 0 saturated carbocycles. The van der Waals surface area contributed by atoms with E-state index in [0.29, 0.717) is 6.42 Å². The molecule has 1 aromatic carbocycles. The third-order valence-corrected chi connectivity index (χ3v) is 2.84. The number of carbonyl (C=O) groups excluding carboxylic acids is 1. The van der Waals surface area contributed by atoms with Gasteiger partial charge in [-0.2, -0.15) is 0 Å². The highest BCUT2D eigenvalue weighted by Gasteiger charge is 2.17. The summed E-state index contributed by atoms with van der Waals surface area (Å²) in [5, 5.41) is 2.95. The summed E-state index contributed by atoms with van der Waals surface area (Å²) in [5.41, 5.74) is 1.95. The number of hydrogen-bond donors (Lipinski definition) is 1. The largest absolute Gasteiger partial charge is 0.325 e. The van der Waals surface area contributed by atoms with E-state index in [2.05, 4.69) is 42.0 Å². The van der Waals surface area contributed by atoms with E-state index in [1.165, 1.54) is 0 Å². The Balaban J connectivity index is 2.78. The second-order valence-electron chi connectivity index (χ2n) is 5.22. The molecule has 0 aliphatic rings. The van der Waals surface area contributed by atoms with Gasteiger partial charge < -0.3 is 5.32 Å². The highest BCUT2D eigenvalue weighted by molar-refractivity contribution is 9.10. The lowest BCUT2D eigenvalue weighted by Crippen LogP contribution is -2.20. The average Bonchev–Trinajstić information content (AvgIpc) is 2.08. The Morgan fingerprint density at radius 1 is 1.38 bits per heavy atom. The Bertz CT molecular complexity index is 373. The van der Waals surface area contributed by atoms with Crippen LogP contribution in [-0.2, 0) is 4.79 Å². The van der Waals surface area contributed by atoms with Crippen LogP contribution in [-0.4, -0.2) is 5.91 Å². The zero-order chi connectivity index (χ0) is 12.3. The van der Waals surface area contributed by atoms with Gasteiger partial charge in [0, 0.05) is 10.9 Å². The SMILES string of the molecule is Cc1cccc(Br)c1NC(=O)CC(C)(C)C. The molecule has 0 aromatic heterocycles. The molecular weight excluding hydrogens is 266 g/mol. The summed E-state index contributed by atoms with van der Waals surface area (Å²) in [5.74, 6) is 0.0579. The van der Waals surface area contributed by atoms with E-state index in [0.717, 1.165) is 15.7 Å². The van der Waals surface area contributed by atoms with Crippen molar-refractivity contribution in [3.8, 4) is 0 Å². The summed E-state index contributed by atoms with van der Waals surface area (Å²) in [6, 6.07) is 5.87. The van der Waals surface area contributed by atoms with Gasteiger partial charge in [-0.1, -0.05) is 32.9 Å². The topological polar surface area (TPSA) is 29.1 Å².